The van der Waals surface area contributed by atoms with Crippen LogP contribution < -0.4 is 10.6 Å². The third-order valence-corrected chi connectivity index (χ3v) is 6.69. The summed E-state index contributed by atoms with van der Waals surface area (Å²) in [5.41, 5.74) is 0.315. The molecule has 0 radical (unpaired) electrons. The molecule has 2 aromatic rings. The van der Waals surface area contributed by atoms with Crippen molar-refractivity contribution in [3.05, 3.63) is 41.5 Å². The van der Waals surface area contributed by atoms with Gasteiger partial charge in [-0.3, -0.25) is 19.7 Å². The third kappa shape index (κ3) is 7.62. The van der Waals surface area contributed by atoms with Crippen LogP contribution in [0.1, 0.15) is 82.0 Å². The largest absolute Gasteiger partial charge is 0.415 e. The molecule has 8 nitrogen and oxygen atoms in total. The number of nitrogens with zero attached hydrogens (tertiary/aromatic N) is 2. The minimum Gasteiger partial charge on any atom is -0.415 e. The van der Waals surface area contributed by atoms with Crippen LogP contribution in [0, 0.1) is 17.7 Å². The zero-order valence-corrected chi connectivity index (χ0v) is 21.4. The molecule has 1 fully saturated rings. The molecule has 1 aliphatic carbocycles. The van der Waals surface area contributed by atoms with Gasteiger partial charge in [0.15, 0.2) is 0 Å². The van der Waals surface area contributed by atoms with Crippen molar-refractivity contribution in [2.45, 2.75) is 82.2 Å². The van der Waals surface area contributed by atoms with Gasteiger partial charge in [0, 0.05) is 16.9 Å². The highest BCUT2D eigenvalue weighted by atomic mass is 32.2. The van der Waals surface area contributed by atoms with E-state index >= 15 is 0 Å². The first kappa shape index (κ1) is 26.8. The molecule has 0 saturated heterocycles. The van der Waals surface area contributed by atoms with Crippen LogP contribution >= 0.6 is 11.8 Å². The van der Waals surface area contributed by atoms with Gasteiger partial charge in [0.05, 0.1) is 5.92 Å². The van der Waals surface area contributed by atoms with Gasteiger partial charge in [-0.05, 0) is 49.4 Å². The average molecular weight is 505 g/mol. The first-order valence-corrected chi connectivity index (χ1v) is 12.9. The molecule has 1 heterocycles. The molecule has 3 amide bonds. The fourth-order valence-electron chi connectivity index (χ4n) is 4.17. The summed E-state index contributed by atoms with van der Waals surface area (Å²) in [6, 6.07) is 4.82. The van der Waals surface area contributed by atoms with Gasteiger partial charge >= 0.3 is 0 Å². The number of rotatable bonds is 9. The maximum atomic E-state index is 13.2. The Bertz CT molecular complexity index is 1020. The van der Waals surface area contributed by atoms with Gasteiger partial charge in [-0.1, -0.05) is 52.3 Å². The van der Waals surface area contributed by atoms with Crippen molar-refractivity contribution in [1.82, 2.24) is 20.8 Å². The number of amides is 3. The lowest BCUT2D eigenvalue weighted by atomic mass is 9.83. The summed E-state index contributed by atoms with van der Waals surface area (Å²) >= 11 is 1.41. The molecule has 2 N–H and O–H groups in total. The van der Waals surface area contributed by atoms with Crippen LogP contribution in [0.25, 0.3) is 0 Å². The van der Waals surface area contributed by atoms with Crippen LogP contribution in [-0.4, -0.2) is 39.2 Å². The number of carbonyl (C=O) groups excluding carboxylic acids is 3. The van der Waals surface area contributed by atoms with E-state index in [1.165, 1.54) is 36.0 Å². The number of nitrogens with one attached hydrogen (secondary N) is 2. The van der Waals surface area contributed by atoms with Crippen LogP contribution in [0.15, 0.2) is 33.9 Å². The topological polar surface area (TPSA) is 114 Å². The molecule has 35 heavy (non-hydrogen) atoms. The molecule has 3 atom stereocenters. The molecule has 0 bridgehead atoms. The van der Waals surface area contributed by atoms with Crippen molar-refractivity contribution in [1.29, 1.82) is 0 Å². The second kappa shape index (κ2) is 12.3. The van der Waals surface area contributed by atoms with Gasteiger partial charge in [-0.15, -0.1) is 10.2 Å². The predicted molar refractivity (Wildman–Crippen MR) is 130 cm³/mol. The van der Waals surface area contributed by atoms with E-state index in [4.69, 9.17) is 4.42 Å². The predicted octanol–water partition coefficient (Wildman–Crippen LogP) is 4.47. The fraction of sp³-hybridized carbons (Fsp3) is 0.560. The van der Waals surface area contributed by atoms with E-state index in [1.807, 2.05) is 27.7 Å². The second-order valence-electron chi connectivity index (χ2n) is 9.59. The molecular weight excluding hydrogens is 471 g/mol. The normalized spacial score (nSPS) is 18.9. The van der Waals surface area contributed by atoms with Crippen molar-refractivity contribution in [3.63, 3.8) is 0 Å². The molecule has 0 spiro atoms. The number of thioether (sulfide) groups is 1. The summed E-state index contributed by atoms with van der Waals surface area (Å²) in [6.45, 7) is 7.96. The third-order valence-electron chi connectivity index (χ3n) is 5.85. The second-order valence-corrected chi connectivity index (χ2v) is 11.1. The monoisotopic (exact) mass is 504 g/mol. The Morgan fingerprint density at radius 3 is 2.43 bits per heavy atom. The number of hydrogen-bond donors (Lipinski definition) is 2. The fourth-order valence-corrected chi connectivity index (χ4v) is 4.80. The molecule has 10 heteroatoms. The Kier molecular flexibility index (Phi) is 9.42. The minimum atomic E-state index is -0.746. The molecular formula is C25H33FN4O4S. The van der Waals surface area contributed by atoms with Gasteiger partial charge < -0.3 is 9.73 Å². The number of aromatic nitrogens is 2. The van der Waals surface area contributed by atoms with Crippen molar-refractivity contribution >= 4 is 29.5 Å². The highest BCUT2D eigenvalue weighted by Crippen LogP contribution is 2.29. The Hall–Kier alpha value is -2.75. The quantitative estimate of drug-likeness (QED) is 0.484. The lowest BCUT2D eigenvalue weighted by Crippen LogP contribution is -2.50. The number of hydrogen-bond acceptors (Lipinski definition) is 7. The summed E-state index contributed by atoms with van der Waals surface area (Å²) in [7, 11) is 0. The molecule has 1 aromatic carbocycles. The van der Waals surface area contributed by atoms with E-state index in [-0.39, 0.29) is 23.0 Å². The molecule has 0 unspecified atom stereocenters. The van der Waals surface area contributed by atoms with E-state index in [1.54, 1.807) is 0 Å². The first-order valence-electron chi connectivity index (χ1n) is 12.0. The number of halogens is 1. The van der Waals surface area contributed by atoms with Crippen molar-refractivity contribution in [3.8, 4) is 0 Å². The maximum absolute atomic E-state index is 13.2. The Balaban J connectivity index is 1.69. The maximum Gasteiger partial charge on any atom is 0.276 e. The summed E-state index contributed by atoms with van der Waals surface area (Å²) in [5, 5.41) is 14.2. The number of carbonyl (C=O) groups is 3. The molecule has 3 rings (SSSR count). The summed E-state index contributed by atoms with van der Waals surface area (Å²) in [6.07, 6.45) is 3.30. The van der Waals surface area contributed by atoms with Gasteiger partial charge in [0.2, 0.25) is 17.7 Å². The molecule has 1 saturated carbocycles. The van der Waals surface area contributed by atoms with Crippen LogP contribution in [0.2, 0.25) is 0 Å². The standard InChI is InChI=1S/C25H33FN4O4S/c1-14(2)13-19(24-29-30-25(34-24)35-15(3)4)23(33)28-22(32)18-7-5-6-8-20(18)27-21(31)16-9-11-17(26)12-10-16/h9-12,14-15,18-20H,5-8,13H2,1-4H3,(H,27,31)(H,28,32,33)/t18-,19-,20+/m1/s1. The Morgan fingerprint density at radius 2 is 1.77 bits per heavy atom. The lowest BCUT2D eigenvalue weighted by Gasteiger charge is -2.31. The zero-order chi connectivity index (χ0) is 25.5. The lowest BCUT2D eigenvalue weighted by molar-refractivity contribution is -0.135. The Morgan fingerprint density at radius 1 is 1.09 bits per heavy atom. The van der Waals surface area contributed by atoms with Crippen LogP contribution in [-0.2, 0) is 9.59 Å². The smallest absolute Gasteiger partial charge is 0.276 e. The van der Waals surface area contributed by atoms with Crippen LogP contribution in [0.3, 0.4) is 0 Å². The minimum absolute atomic E-state index is 0.159. The highest BCUT2D eigenvalue weighted by Gasteiger charge is 2.35. The van der Waals surface area contributed by atoms with Crippen molar-refractivity contribution in [2.75, 3.05) is 0 Å². The number of benzene rings is 1. The molecule has 190 valence electrons. The van der Waals surface area contributed by atoms with Crippen molar-refractivity contribution in [2.24, 2.45) is 11.8 Å². The van der Waals surface area contributed by atoms with Crippen LogP contribution in [0.5, 0.6) is 0 Å². The average Bonchev–Trinajstić information content (AvgIpc) is 3.25. The molecule has 0 aliphatic heterocycles. The van der Waals surface area contributed by atoms with E-state index < -0.39 is 35.5 Å². The van der Waals surface area contributed by atoms with E-state index in [0.717, 1.165) is 12.8 Å². The molecule has 1 aliphatic rings. The summed E-state index contributed by atoms with van der Waals surface area (Å²) in [4.78, 5) is 39.0. The SMILES string of the molecule is CC(C)C[C@H](C(=O)NC(=O)[C@@H]1CCCC[C@@H]1NC(=O)c1ccc(F)cc1)c1nnc(SC(C)C)o1. The van der Waals surface area contributed by atoms with E-state index in [2.05, 4.69) is 20.8 Å². The van der Waals surface area contributed by atoms with Crippen LogP contribution in [0.4, 0.5) is 4.39 Å². The van der Waals surface area contributed by atoms with E-state index in [9.17, 15) is 18.8 Å². The van der Waals surface area contributed by atoms with E-state index in [0.29, 0.717) is 30.0 Å². The first-order chi connectivity index (χ1) is 16.6. The van der Waals surface area contributed by atoms with Gasteiger partial charge in [-0.25, -0.2) is 4.39 Å². The highest BCUT2D eigenvalue weighted by molar-refractivity contribution is 7.99. The Labute approximate surface area is 209 Å². The number of imide groups is 1. The van der Waals surface area contributed by atoms with Gasteiger partial charge in [-0.2, -0.15) is 0 Å². The summed E-state index contributed by atoms with van der Waals surface area (Å²) < 4.78 is 18.9. The van der Waals surface area contributed by atoms with Gasteiger partial charge in [0.1, 0.15) is 11.7 Å². The van der Waals surface area contributed by atoms with Gasteiger partial charge in [0.25, 0.3) is 11.1 Å². The summed E-state index contributed by atoms with van der Waals surface area (Å²) in [5.74, 6) is -2.66. The zero-order valence-electron chi connectivity index (χ0n) is 20.5. The van der Waals surface area contributed by atoms with Crippen molar-refractivity contribution < 1.29 is 23.2 Å². The molecule has 1 aromatic heterocycles.